The number of carbonyl (C=O) groups is 3. The SMILES string of the molecule is CCCN1C(=O)C(CC(C)C)NC(=O)C12CCN(C(=O)c1cccc(F)c1)CC2. The van der Waals surface area contributed by atoms with Crippen LogP contribution in [0.1, 0.15) is 56.8 Å². The van der Waals surface area contributed by atoms with Gasteiger partial charge in [-0.3, -0.25) is 14.4 Å². The van der Waals surface area contributed by atoms with Crippen LogP contribution in [0.25, 0.3) is 0 Å². The average Bonchev–Trinajstić information content (AvgIpc) is 2.69. The molecule has 1 aromatic carbocycles. The molecule has 0 aromatic heterocycles. The Kier molecular flexibility index (Phi) is 6.24. The molecule has 158 valence electrons. The zero-order valence-electron chi connectivity index (χ0n) is 17.4. The molecule has 0 radical (unpaired) electrons. The minimum absolute atomic E-state index is 0.0231. The van der Waals surface area contributed by atoms with Gasteiger partial charge in [-0.15, -0.1) is 0 Å². The fourth-order valence-corrected chi connectivity index (χ4v) is 4.44. The van der Waals surface area contributed by atoms with Crippen molar-refractivity contribution in [2.75, 3.05) is 19.6 Å². The summed E-state index contributed by atoms with van der Waals surface area (Å²) in [5.41, 5.74) is -0.605. The van der Waals surface area contributed by atoms with Crippen LogP contribution < -0.4 is 5.32 Å². The lowest BCUT2D eigenvalue weighted by atomic mass is 9.80. The van der Waals surface area contributed by atoms with Crippen LogP contribution in [0.5, 0.6) is 0 Å². The number of rotatable bonds is 5. The Morgan fingerprint density at radius 3 is 2.55 bits per heavy atom. The minimum atomic E-state index is -0.903. The summed E-state index contributed by atoms with van der Waals surface area (Å²) in [4.78, 5) is 42.4. The first kappa shape index (κ1) is 21.3. The molecule has 0 bridgehead atoms. The Hall–Kier alpha value is -2.44. The minimum Gasteiger partial charge on any atom is -0.342 e. The van der Waals surface area contributed by atoms with Gasteiger partial charge >= 0.3 is 0 Å². The molecule has 2 aliphatic heterocycles. The Morgan fingerprint density at radius 2 is 1.97 bits per heavy atom. The summed E-state index contributed by atoms with van der Waals surface area (Å²) in [7, 11) is 0. The molecule has 2 saturated heterocycles. The molecule has 3 amide bonds. The largest absolute Gasteiger partial charge is 0.342 e. The highest BCUT2D eigenvalue weighted by Crippen LogP contribution is 2.34. The number of carbonyl (C=O) groups excluding carboxylic acids is 3. The summed E-state index contributed by atoms with van der Waals surface area (Å²) in [5.74, 6) is -0.542. The molecule has 0 saturated carbocycles. The predicted molar refractivity (Wildman–Crippen MR) is 108 cm³/mol. The quantitative estimate of drug-likeness (QED) is 0.822. The summed E-state index contributed by atoms with van der Waals surface area (Å²) in [6.45, 7) is 7.29. The first-order valence-electron chi connectivity index (χ1n) is 10.5. The highest BCUT2D eigenvalue weighted by Gasteiger charge is 2.53. The number of amides is 3. The smallest absolute Gasteiger partial charge is 0.253 e. The standard InChI is InChI=1S/C22H30FN3O3/c1-4-10-26-20(28)18(13-15(2)3)24-21(29)22(26)8-11-25(12-9-22)19(27)16-6-5-7-17(23)14-16/h5-7,14-15,18H,4,8-13H2,1-3H3,(H,24,29). The monoisotopic (exact) mass is 403 g/mol. The zero-order valence-corrected chi connectivity index (χ0v) is 17.4. The van der Waals surface area contributed by atoms with E-state index in [0.717, 1.165) is 6.42 Å². The lowest BCUT2D eigenvalue weighted by Crippen LogP contribution is -2.73. The molecule has 3 rings (SSSR count). The van der Waals surface area contributed by atoms with E-state index in [1.807, 2.05) is 20.8 Å². The van der Waals surface area contributed by atoms with Crippen molar-refractivity contribution in [3.05, 3.63) is 35.6 Å². The zero-order chi connectivity index (χ0) is 21.2. The normalized spacial score (nSPS) is 21.6. The first-order chi connectivity index (χ1) is 13.8. The number of piperidine rings is 1. The molecule has 29 heavy (non-hydrogen) atoms. The first-order valence-corrected chi connectivity index (χ1v) is 10.5. The van der Waals surface area contributed by atoms with Crippen molar-refractivity contribution in [1.82, 2.24) is 15.1 Å². The number of hydrogen-bond acceptors (Lipinski definition) is 3. The van der Waals surface area contributed by atoms with Gasteiger partial charge in [0.25, 0.3) is 5.91 Å². The van der Waals surface area contributed by atoms with Gasteiger partial charge < -0.3 is 15.1 Å². The maximum Gasteiger partial charge on any atom is 0.253 e. The summed E-state index contributed by atoms with van der Waals surface area (Å²) in [6, 6.07) is 5.15. The molecule has 1 spiro atoms. The molecule has 2 heterocycles. The number of halogens is 1. The van der Waals surface area contributed by atoms with Crippen LogP contribution in [0, 0.1) is 11.7 Å². The van der Waals surface area contributed by atoms with Crippen LogP contribution in [0.4, 0.5) is 4.39 Å². The second-order valence-electron chi connectivity index (χ2n) is 8.48. The third-order valence-electron chi connectivity index (χ3n) is 5.91. The maximum absolute atomic E-state index is 13.5. The van der Waals surface area contributed by atoms with E-state index in [-0.39, 0.29) is 17.7 Å². The van der Waals surface area contributed by atoms with Gasteiger partial charge in [0.05, 0.1) is 0 Å². The van der Waals surface area contributed by atoms with Gasteiger partial charge in [0.15, 0.2) is 0 Å². The maximum atomic E-state index is 13.5. The Labute approximate surface area is 171 Å². The highest BCUT2D eigenvalue weighted by molar-refractivity contribution is 6.00. The van der Waals surface area contributed by atoms with Crippen LogP contribution in [-0.2, 0) is 9.59 Å². The summed E-state index contributed by atoms with van der Waals surface area (Å²) < 4.78 is 13.5. The van der Waals surface area contributed by atoms with E-state index in [2.05, 4.69) is 5.32 Å². The highest BCUT2D eigenvalue weighted by atomic mass is 19.1. The lowest BCUT2D eigenvalue weighted by molar-refractivity contribution is -0.161. The molecular formula is C22H30FN3O3. The molecule has 1 atom stereocenters. The number of likely N-dealkylation sites (tertiary alicyclic amines) is 1. The van der Waals surface area contributed by atoms with Crippen molar-refractivity contribution in [3.63, 3.8) is 0 Å². The van der Waals surface area contributed by atoms with Gasteiger partial charge in [-0.2, -0.15) is 0 Å². The number of hydrogen-bond donors (Lipinski definition) is 1. The molecule has 2 aliphatic rings. The predicted octanol–water partition coefficient (Wildman–Crippen LogP) is 2.58. The molecule has 1 N–H and O–H groups in total. The van der Waals surface area contributed by atoms with Crippen LogP contribution in [0.3, 0.4) is 0 Å². The number of piperazine rings is 1. The molecule has 1 unspecified atom stereocenters. The fourth-order valence-electron chi connectivity index (χ4n) is 4.44. The van der Waals surface area contributed by atoms with Crippen molar-refractivity contribution < 1.29 is 18.8 Å². The van der Waals surface area contributed by atoms with E-state index < -0.39 is 17.4 Å². The molecule has 2 fully saturated rings. The third kappa shape index (κ3) is 4.14. The van der Waals surface area contributed by atoms with Gasteiger partial charge in [0, 0.05) is 25.2 Å². The number of nitrogens with one attached hydrogen (secondary N) is 1. The average molecular weight is 403 g/mol. The van der Waals surface area contributed by atoms with Crippen LogP contribution in [0.2, 0.25) is 0 Å². The summed E-state index contributed by atoms with van der Waals surface area (Å²) in [6.07, 6.45) is 2.16. The lowest BCUT2D eigenvalue weighted by Gasteiger charge is -2.51. The second-order valence-corrected chi connectivity index (χ2v) is 8.48. The Morgan fingerprint density at radius 1 is 1.28 bits per heavy atom. The number of nitrogens with zero attached hydrogens (tertiary/aromatic N) is 2. The summed E-state index contributed by atoms with van der Waals surface area (Å²) in [5, 5.41) is 2.95. The Balaban J connectivity index is 1.77. The van der Waals surface area contributed by atoms with E-state index in [1.165, 1.54) is 18.2 Å². The van der Waals surface area contributed by atoms with Gasteiger partial charge in [-0.05, 0) is 49.8 Å². The number of benzene rings is 1. The van der Waals surface area contributed by atoms with Gasteiger partial charge in [0.1, 0.15) is 17.4 Å². The molecule has 0 aliphatic carbocycles. The van der Waals surface area contributed by atoms with Gasteiger partial charge in [-0.25, -0.2) is 4.39 Å². The van der Waals surface area contributed by atoms with Crippen LogP contribution >= 0.6 is 0 Å². The third-order valence-corrected chi connectivity index (χ3v) is 5.91. The Bertz CT molecular complexity index is 787. The topological polar surface area (TPSA) is 69.7 Å². The fraction of sp³-hybridized carbons (Fsp3) is 0.591. The van der Waals surface area contributed by atoms with Crippen molar-refractivity contribution in [3.8, 4) is 0 Å². The van der Waals surface area contributed by atoms with E-state index in [1.54, 1.807) is 15.9 Å². The van der Waals surface area contributed by atoms with E-state index in [4.69, 9.17) is 0 Å². The second kappa shape index (κ2) is 8.51. The summed E-state index contributed by atoms with van der Waals surface area (Å²) >= 11 is 0. The van der Waals surface area contributed by atoms with E-state index in [0.29, 0.717) is 50.4 Å². The van der Waals surface area contributed by atoms with E-state index in [9.17, 15) is 18.8 Å². The van der Waals surface area contributed by atoms with Crippen LogP contribution in [0.15, 0.2) is 24.3 Å². The molecule has 1 aromatic rings. The molecular weight excluding hydrogens is 373 g/mol. The molecule has 6 nitrogen and oxygen atoms in total. The van der Waals surface area contributed by atoms with Crippen molar-refractivity contribution in [2.45, 2.75) is 58.0 Å². The van der Waals surface area contributed by atoms with Crippen molar-refractivity contribution >= 4 is 17.7 Å². The van der Waals surface area contributed by atoms with E-state index >= 15 is 0 Å². The molecule has 7 heteroatoms. The van der Waals surface area contributed by atoms with Crippen molar-refractivity contribution in [2.24, 2.45) is 5.92 Å². The van der Waals surface area contributed by atoms with Crippen LogP contribution in [-0.4, -0.2) is 58.7 Å². The van der Waals surface area contributed by atoms with Crippen molar-refractivity contribution in [1.29, 1.82) is 0 Å². The van der Waals surface area contributed by atoms with Gasteiger partial charge in [-0.1, -0.05) is 26.8 Å². The van der Waals surface area contributed by atoms with Gasteiger partial charge in [0.2, 0.25) is 11.8 Å².